The first kappa shape index (κ1) is 17.7. The lowest BCUT2D eigenvalue weighted by Gasteiger charge is -2.18. The topological polar surface area (TPSA) is 82.5 Å². The van der Waals surface area contributed by atoms with Crippen LogP contribution >= 0.6 is 0 Å². The lowest BCUT2D eigenvalue weighted by Crippen LogP contribution is -2.24. The van der Waals surface area contributed by atoms with Gasteiger partial charge in [0.15, 0.2) is 0 Å². The second-order valence-electron chi connectivity index (χ2n) is 6.87. The van der Waals surface area contributed by atoms with Crippen molar-refractivity contribution < 1.29 is 4.79 Å². The highest BCUT2D eigenvalue weighted by Gasteiger charge is 2.24. The lowest BCUT2D eigenvalue weighted by atomic mass is 10.1. The predicted octanol–water partition coefficient (Wildman–Crippen LogP) is 3.63. The van der Waals surface area contributed by atoms with Crippen molar-refractivity contribution in [2.24, 2.45) is 0 Å². The van der Waals surface area contributed by atoms with Crippen molar-refractivity contribution in [3.8, 4) is 0 Å². The molecule has 1 aromatic carbocycles. The van der Waals surface area contributed by atoms with E-state index in [0.29, 0.717) is 11.2 Å². The number of amides is 1. The van der Waals surface area contributed by atoms with Gasteiger partial charge in [-0.2, -0.15) is 0 Å². The van der Waals surface area contributed by atoms with E-state index < -0.39 is 0 Å². The average Bonchev–Trinajstić information content (AvgIpc) is 3.22. The molecule has 0 radical (unpaired) electrons. The molecule has 4 rings (SSSR count). The monoisotopic (exact) mass is 373 g/mol. The van der Waals surface area contributed by atoms with Crippen LogP contribution < -0.4 is 15.8 Å². The number of anilines is 2. The van der Waals surface area contributed by atoms with Crippen LogP contribution in [0.2, 0.25) is 0 Å². The Kier molecular flexibility index (Phi) is 4.53. The molecule has 3 heterocycles. The molecule has 0 aliphatic carbocycles. The van der Waals surface area contributed by atoms with E-state index in [9.17, 15) is 9.59 Å². The van der Waals surface area contributed by atoms with Crippen LogP contribution in [0.25, 0.3) is 15.7 Å². The van der Waals surface area contributed by atoms with Crippen molar-refractivity contribution in [2.75, 3.05) is 23.3 Å². The zero-order valence-corrected chi connectivity index (χ0v) is 15.5. The van der Waals surface area contributed by atoms with Crippen molar-refractivity contribution in [3.63, 3.8) is 0 Å². The smallest absolute Gasteiger partial charge is 0.300 e. The molecule has 7 nitrogen and oxygen atoms in total. The third-order valence-electron chi connectivity index (χ3n) is 4.94. The first-order valence-electron chi connectivity index (χ1n) is 9.13. The first-order chi connectivity index (χ1) is 13.5. The van der Waals surface area contributed by atoms with Crippen molar-refractivity contribution in [1.29, 1.82) is 0 Å². The molecule has 0 unspecified atom stereocenters. The van der Waals surface area contributed by atoms with Crippen LogP contribution in [0.5, 0.6) is 0 Å². The molecule has 1 saturated heterocycles. The fourth-order valence-corrected chi connectivity index (χ4v) is 3.57. The van der Waals surface area contributed by atoms with Gasteiger partial charge in [0, 0.05) is 35.7 Å². The number of benzene rings is 1. The van der Waals surface area contributed by atoms with Crippen LogP contribution in [0.15, 0.2) is 41.2 Å². The molecule has 1 aliphatic heterocycles. The van der Waals surface area contributed by atoms with E-state index in [2.05, 4.69) is 25.0 Å². The van der Waals surface area contributed by atoms with Crippen LogP contribution in [0.3, 0.4) is 0 Å². The number of aryl methyl sites for hydroxylation is 1. The SMILES string of the molecule is [C-]#[N+]c1ccc(N2CCCC2)c(C(=O)Nc2ccc3[nH]c(=O)cc(C)c3c2)n1. The van der Waals surface area contributed by atoms with Crippen LogP contribution in [-0.4, -0.2) is 29.0 Å². The predicted molar refractivity (Wildman–Crippen MR) is 109 cm³/mol. The second kappa shape index (κ2) is 7.16. The number of fused-ring (bicyclic) bond motifs is 1. The van der Waals surface area contributed by atoms with Crippen molar-refractivity contribution in [3.05, 3.63) is 69.4 Å². The molecule has 0 bridgehead atoms. The summed E-state index contributed by atoms with van der Waals surface area (Å²) in [6.45, 7) is 10.8. The number of aromatic nitrogens is 2. The van der Waals surface area contributed by atoms with Gasteiger partial charge in [-0.25, -0.2) is 0 Å². The minimum atomic E-state index is -0.353. The van der Waals surface area contributed by atoms with Gasteiger partial charge in [-0.05, 0) is 55.7 Å². The number of carbonyl (C=O) groups excluding carboxylic acids is 1. The molecule has 28 heavy (non-hydrogen) atoms. The molecule has 0 saturated carbocycles. The van der Waals surface area contributed by atoms with Gasteiger partial charge >= 0.3 is 0 Å². The first-order valence-corrected chi connectivity index (χ1v) is 9.13. The summed E-state index contributed by atoms with van der Waals surface area (Å²) < 4.78 is 0. The summed E-state index contributed by atoms with van der Waals surface area (Å²) in [5.74, 6) is -0.158. The van der Waals surface area contributed by atoms with Gasteiger partial charge in [0.25, 0.3) is 11.7 Å². The van der Waals surface area contributed by atoms with E-state index in [0.717, 1.165) is 42.6 Å². The van der Waals surface area contributed by atoms with Gasteiger partial charge < -0.3 is 20.0 Å². The van der Waals surface area contributed by atoms with Gasteiger partial charge in [0.1, 0.15) is 0 Å². The molecular weight excluding hydrogens is 354 g/mol. The molecule has 2 aromatic heterocycles. The van der Waals surface area contributed by atoms with Crippen LogP contribution in [0.1, 0.15) is 28.9 Å². The Balaban J connectivity index is 1.69. The average molecular weight is 373 g/mol. The highest BCUT2D eigenvalue weighted by Crippen LogP contribution is 2.27. The fraction of sp³-hybridized carbons (Fsp3) is 0.238. The number of nitrogens with one attached hydrogen (secondary N) is 2. The van der Waals surface area contributed by atoms with Gasteiger partial charge in [-0.15, -0.1) is 4.98 Å². The lowest BCUT2D eigenvalue weighted by molar-refractivity contribution is 0.102. The normalized spacial score (nSPS) is 13.5. The third kappa shape index (κ3) is 3.32. The summed E-state index contributed by atoms with van der Waals surface area (Å²) in [4.78, 5) is 37.1. The van der Waals surface area contributed by atoms with E-state index in [4.69, 9.17) is 6.57 Å². The minimum Gasteiger partial charge on any atom is -0.368 e. The molecular formula is C21H19N5O2. The maximum atomic E-state index is 13.0. The van der Waals surface area contributed by atoms with Gasteiger partial charge in [0.05, 0.1) is 5.69 Å². The molecule has 1 aliphatic rings. The number of H-pyrrole nitrogens is 1. The van der Waals surface area contributed by atoms with Gasteiger partial charge in [-0.3, -0.25) is 9.59 Å². The van der Waals surface area contributed by atoms with E-state index in [-0.39, 0.29) is 23.0 Å². The maximum Gasteiger partial charge on any atom is 0.300 e. The minimum absolute atomic E-state index is 0.155. The highest BCUT2D eigenvalue weighted by atomic mass is 16.2. The summed E-state index contributed by atoms with van der Waals surface area (Å²) in [6, 6.07) is 10.3. The maximum absolute atomic E-state index is 13.0. The number of nitrogens with zero attached hydrogens (tertiary/aromatic N) is 3. The molecule has 7 heteroatoms. The number of carbonyl (C=O) groups is 1. The summed E-state index contributed by atoms with van der Waals surface area (Å²) in [5.41, 5.74) is 3.01. The van der Waals surface area contributed by atoms with Crippen molar-refractivity contribution >= 4 is 34.0 Å². The highest BCUT2D eigenvalue weighted by molar-refractivity contribution is 6.07. The zero-order valence-electron chi connectivity index (χ0n) is 15.5. The number of hydrogen-bond acceptors (Lipinski definition) is 4. The Hall–Kier alpha value is -3.66. The Morgan fingerprint density at radius 3 is 2.75 bits per heavy atom. The molecule has 0 spiro atoms. The quantitative estimate of drug-likeness (QED) is 0.687. The Bertz CT molecular complexity index is 1170. The standard InChI is InChI=1S/C21H19N5O2/c1-13-11-19(27)24-16-6-5-14(12-15(13)16)23-21(28)20-17(26-9-3-4-10-26)7-8-18(22-2)25-20/h5-8,11-12H,3-4,9-10H2,1H3,(H,23,28)(H,24,27). The fourth-order valence-electron chi connectivity index (χ4n) is 3.57. The van der Waals surface area contributed by atoms with E-state index in [1.807, 2.05) is 13.0 Å². The van der Waals surface area contributed by atoms with E-state index >= 15 is 0 Å². The molecule has 1 amide bonds. The zero-order chi connectivity index (χ0) is 19.7. The molecule has 1 fully saturated rings. The second-order valence-corrected chi connectivity index (χ2v) is 6.87. The molecule has 140 valence electrons. The van der Waals surface area contributed by atoms with Crippen LogP contribution in [0, 0.1) is 13.5 Å². The molecule has 2 N–H and O–H groups in total. The van der Waals surface area contributed by atoms with E-state index in [1.165, 1.54) is 6.07 Å². The van der Waals surface area contributed by atoms with Crippen LogP contribution in [-0.2, 0) is 0 Å². The van der Waals surface area contributed by atoms with Crippen LogP contribution in [0.4, 0.5) is 17.2 Å². The molecule has 3 aromatic rings. The van der Waals surface area contributed by atoms with E-state index in [1.54, 1.807) is 24.3 Å². The number of pyridine rings is 2. The van der Waals surface area contributed by atoms with Gasteiger partial charge in [0.2, 0.25) is 11.3 Å². The summed E-state index contributed by atoms with van der Waals surface area (Å²) in [7, 11) is 0. The summed E-state index contributed by atoms with van der Waals surface area (Å²) in [6.07, 6.45) is 2.15. The summed E-state index contributed by atoms with van der Waals surface area (Å²) >= 11 is 0. The number of hydrogen-bond donors (Lipinski definition) is 2. The number of rotatable bonds is 3. The Morgan fingerprint density at radius 2 is 2.00 bits per heavy atom. The largest absolute Gasteiger partial charge is 0.368 e. The number of aromatic amines is 1. The molecule has 0 atom stereocenters. The Labute approximate surface area is 161 Å². The summed E-state index contributed by atoms with van der Waals surface area (Å²) in [5, 5.41) is 3.75. The van der Waals surface area contributed by atoms with Crippen molar-refractivity contribution in [2.45, 2.75) is 19.8 Å². The van der Waals surface area contributed by atoms with Crippen molar-refractivity contribution in [1.82, 2.24) is 9.97 Å². The third-order valence-corrected chi connectivity index (χ3v) is 4.94. The van der Waals surface area contributed by atoms with Gasteiger partial charge in [-0.1, -0.05) is 6.57 Å². The Morgan fingerprint density at radius 1 is 1.21 bits per heavy atom.